The van der Waals surface area contributed by atoms with Crippen LogP contribution in [0.15, 0.2) is 30.3 Å². The van der Waals surface area contributed by atoms with Gasteiger partial charge in [-0.05, 0) is 25.8 Å². The lowest BCUT2D eigenvalue weighted by Gasteiger charge is -2.18. The molecule has 7 heteroatoms. The van der Waals surface area contributed by atoms with Crippen LogP contribution in [0.2, 0.25) is 0 Å². The van der Waals surface area contributed by atoms with Crippen LogP contribution in [0.25, 0.3) is 0 Å². The molecule has 0 saturated heterocycles. The molecular weight excluding hydrogens is 334 g/mol. The summed E-state index contributed by atoms with van der Waals surface area (Å²) in [7, 11) is 1.22. The Morgan fingerprint density at radius 2 is 1.65 bits per heavy atom. The second-order valence-corrected chi connectivity index (χ2v) is 6.11. The van der Waals surface area contributed by atoms with Crippen molar-refractivity contribution in [1.29, 1.82) is 5.26 Å². The predicted octanol–water partition coefficient (Wildman–Crippen LogP) is 1.85. The molecule has 1 aromatic carbocycles. The molecule has 0 fully saturated rings. The maximum Gasteiger partial charge on any atom is 0.328 e. The van der Waals surface area contributed by atoms with Gasteiger partial charge in [0.05, 0.1) is 19.2 Å². The van der Waals surface area contributed by atoms with E-state index >= 15 is 0 Å². The molecule has 0 aliphatic rings. The number of hydrogen-bond donors (Lipinski definition) is 2. The fourth-order valence-corrected chi connectivity index (χ4v) is 2.39. The third-order valence-electron chi connectivity index (χ3n) is 3.89. The highest BCUT2D eigenvalue weighted by molar-refractivity contribution is 5.87. The largest absolute Gasteiger partial charge is 0.467 e. The monoisotopic (exact) mass is 359 g/mol. The standard InChI is InChI=1S/C19H25N3O4/c1-13(12-20)11-16(19(25)26-3)22-18(24)10-9-17(23)21-14(2)15-7-5-4-6-8-15/h4-8,13-14,16H,9-11H2,1-3H3,(H,21,23)(H,22,24)/t13-,14-,16-/m1/s1. The first kappa shape index (κ1) is 21.2. The van der Waals surface area contributed by atoms with E-state index in [1.165, 1.54) is 7.11 Å². The molecule has 1 aromatic rings. The molecule has 26 heavy (non-hydrogen) atoms. The summed E-state index contributed by atoms with van der Waals surface area (Å²) < 4.78 is 4.64. The number of rotatable bonds is 9. The van der Waals surface area contributed by atoms with Crippen LogP contribution in [0.3, 0.4) is 0 Å². The van der Waals surface area contributed by atoms with E-state index < -0.39 is 23.8 Å². The highest BCUT2D eigenvalue weighted by atomic mass is 16.5. The van der Waals surface area contributed by atoms with Crippen LogP contribution in [0.5, 0.6) is 0 Å². The van der Waals surface area contributed by atoms with Gasteiger partial charge < -0.3 is 15.4 Å². The average molecular weight is 359 g/mol. The summed E-state index contributed by atoms with van der Waals surface area (Å²) in [6, 6.07) is 10.5. The zero-order valence-electron chi connectivity index (χ0n) is 15.3. The number of benzene rings is 1. The zero-order chi connectivity index (χ0) is 19.5. The minimum atomic E-state index is -0.895. The quantitative estimate of drug-likeness (QED) is 0.654. The molecule has 0 aromatic heterocycles. The fourth-order valence-electron chi connectivity index (χ4n) is 2.39. The van der Waals surface area contributed by atoms with E-state index in [1.807, 2.05) is 43.3 Å². The highest BCUT2D eigenvalue weighted by Crippen LogP contribution is 2.11. The van der Waals surface area contributed by atoms with Crippen molar-refractivity contribution in [1.82, 2.24) is 10.6 Å². The predicted molar refractivity (Wildman–Crippen MR) is 95.6 cm³/mol. The third-order valence-corrected chi connectivity index (χ3v) is 3.89. The van der Waals surface area contributed by atoms with E-state index in [2.05, 4.69) is 15.4 Å². The topological polar surface area (TPSA) is 108 Å². The number of amides is 2. The van der Waals surface area contributed by atoms with Crippen LogP contribution in [0.4, 0.5) is 0 Å². The van der Waals surface area contributed by atoms with Gasteiger partial charge in [0.15, 0.2) is 0 Å². The van der Waals surface area contributed by atoms with Crippen molar-refractivity contribution in [2.24, 2.45) is 5.92 Å². The summed E-state index contributed by atoms with van der Waals surface area (Å²) in [5, 5.41) is 14.2. The lowest BCUT2D eigenvalue weighted by atomic mass is 10.0. The maximum atomic E-state index is 12.0. The second-order valence-electron chi connectivity index (χ2n) is 6.11. The van der Waals surface area contributed by atoms with Crippen molar-refractivity contribution >= 4 is 17.8 Å². The van der Waals surface area contributed by atoms with E-state index in [1.54, 1.807) is 6.92 Å². The van der Waals surface area contributed by atoms with Crippen molar-refractivity contribution in [3.8, 4) is 6.07 Å². The van der Waals surface area contributed by atoms with Crippen molar-refractivity contribution in [2.75, 3.05) is 7.11 Å². The third kappa shape index (κ3) is 7.34. The summed E-state index contributed by atoms with van der Waals surface area (Å²) >= 11 is 0. The highest BCUT2D eigenvalue weighted by Gasteiger charge is 2.24. The van der Waals surface area contributed by atoms with Gasteiger partial charge in [0.2, 0.25) is 11.8 Å². The van der Waals surface area contributed by atoms with E-state index in [0.29, 0.717) is 0 Å². The number of nitriles is 1. The van der Waals surface area contributed by atoms with Gasteiger partial charge in [-0.25, -0.2) is 4.79 Å². The number of hydrogen-bond acceptors (Lipinski definition) is 5. The van der Waals surface area contributed by atoms with E-state index in [9.17, 15) is 14.4 Å². The summed E-state index contributed by atoms with van der Waals surface area (Å²) in [5.74, 6) is -1.71. The summed E-state index contributed by atoms with van der Waals surface area (Å²) in [6.45, 7) is 3.52. The number of nitrogens with zero attached hydrogens (tertiary/aromatic N) is 1. The molecule has 0 bridgehead atoms. The van der Waals surface area contributed by atoms with E-state index in [-0.39, 0.29) is 31.2 Å². The van der Waals surface area contributed by atoms with Crippen LogP contribution < -0.4 is 10.6 Å². The maximum absolute atomic E-state index is 12.0. The molecule has 0 radical (unpaired) electrons. The molecule has 0 spiro atoms. The van der Waals surface area contributed by atoms with Gasteiger partial charge in [0, 0.05) is 18.8 Å². The fraction of sp³-hybridized carbons (Fsp3) is 0.474. The van der Waals surface area contributed by atoms with Gasteiger partial charge in [-0.15, -0.1) is 0 Å². The minimum Gasteiger partial charge on any atom is -0.467 e. The number of carbonyl (C=O) groups excluding carboxylic acids is 3. The molecule has 2 N–H and O–H groups in total. The van der Waals surface area contributed by atoms with Crippen molar-refractivity contribution in [2.45, 2.75) is 45.2 Å². The lowest BCUT2D eigenvalue weighted by molar-refractivity contribution is -0.145. The lowest BCUT2D eigenvalue weighted by Crippen LogP contribution is -2.42. The molecule has 7 nitrogen and oxygen atoms in total. The molecule has 0 aliphatic heterocycles. The first-order valence-electron chi connectivity index (χ1n) is 8.48. The van der Waals surface area contributed by atoms with Crippen molar-refractivity contribution < 1.29 is 19.1 Å². The Hall–Kier alpha value is -2.88. The molecule has 0 saturated carbocycles. The molecule has 0 unspecified atom stereocenters. The van der Waals surface area contributed by atoms with E-state index in [4.69, 9.17) is 5.26 Å². The van der Waals surface area contributed by atoms with Crippen LogP contribution in [-0.2, 0) is 19.1 Å². The molecule has 2 amide bonds. The minimum absolute atomic E-state index is 0.00467. The Labute approximate surface area is 153 Å². The van der Waals surface area contributed by atoms with Gasteiger partial charge in [0.25, 0.3) is 0 Å². The van der Waals surface area contributed by atoms with Gasteiger partial charge >= 0.3 is 5.97 Å². The average Bonchev–Trinajstić information content (AvgIpc) is 2.65. The van der Waals surface area contributed by atoms with Crippen LogP contribution in [0, 0.1) is 17.2 Å². The Morgan fingerprint density at radius 1 is 1.08 bits per heavy atom. The second kappa shape index (κ2) is 10.9. The van der Waals surface area contributed by atoms with Gasteiger partial charge in [0.1, 0.15) is 6.04 Å². The summed E-state index contributed by atoms with van der Waals surface area (Å²) in [5.41, 5.74) is 0.974. The molecule has 0 heterocycles. The van der Waals surface area contributed by atoms with Gasteiger partial charge in [-0.1, -0.05) is 30.3 Å². The van der Waals surface area contributed by atoms with Gasteiger partial charge in [-0.3, -0.25) is 9.59 Å². The number of methoxy groups -OCH3 is 1. The smallest absolute Gasteiger partial charge is 0.328 e. The molecule has 1 rings (SSSR count). The number of carbonyl (C=O) groups is 3. The number of esters is 1. The van der Waals surface area contributed by atoms with Crippen LogP contribution in [0.1, 0.15) is 44.7 Å². The SMILES string of the molecule is COC(=O)[C@@H](C[C@@H](C)C#N)NC(=O)CCC(=O)N[C@H](C)c1ccccc1. The van der Waals surface area contributed by atoms with Gasteiger partial charge in [-0.2, -0.15) is 5.26 Å². The zero-order valence-corrected chi connectivity index (χ0v) is 15.3. The number of nitrogens with one attached hydrogen (secondary N) is 2. The first-order valence-corrected chi connectivity index (χ1v) is 8.48. The Bertz CT molecular complexity index is 654. The Morgan fingerprint density at radius 3 is 2.19 bits per heavy atom. The van der Waals surface area contributed by atoms with Crippen LogP contribution in [-0.4, -0.2) is 30.9 Å². The van der Waals surface area contributed by atoms with Crippen molar-refractivity contribution in [3.63, 3.8) is 0 Å². The normalized spacial score (nSPS) is 13.6. The van der Waals surface area contributed by atoms with Crippen molar-refractivity contribution in [3.05, 3.63) is 35.9 Å². The molecular formula is C19H25N3O4. The van der Waals surface area contributed by atoms with Crippen LogP contribution >= 0.6 is 0 Å². The summed E-state index contributed by atoms with van der Waals surface area (Å²) in [6.07, 6.45) is 0.110. The molecule has 140 valence electrons. The summed E-state index contributed by atoms with van der Waals surface area (Å²) in [4.78, 5) is 35.7. The Kier molecular flexibility index (Phi) is 8.85. The first-order chi connectivity index (χ1) is 12.4. The molecule has 0 aliphatic carbocycles. The molecule has 3 atom stereocenters. The number of ether oxygens (including phenoxy) is 1. The van der Waals surface area contributed by atoms with E-state index in [0.717, 1.165) is 5.56 Å². The Balaban J connectivity index is 2.47.